The molecule has 8 rings (SSSR count). The monoisotopic (exact) mass is 784 g/mol. The molecule has 8 aromatic carbocycles. The second-order valence-corrected chi connectivity index (χ2v) is 15.7. The molecule has 8 aromatic rings. The van der Waals surface area contributed by atoms with E-state index >= 15 is 0 Å². The van der Waals surface area contributed by atoms with Gasteiger partial charge in [0.1, 0.15) is 0 Å². The summed E-state index contributed by atoms with van der Waals surface area (Å²) in [5.74, 6) is 0.636. The van der Waals surface area contributed by atoms with Crippen LogP contribution in [0.25, 0.3) is 32.3 Å². The molecule has 0 atom stereocenters. The molecule has 0 amide bonds. The van der Waals surface area contributed by atoms with E-state index < -0.39 is 25.2 Å². The number of rotatable bonds is 10. The van der Waals surface area contributed by atoms with E-state index in [1.807, 2.05) is 0 Å². The molecular weight excluding hydrogens is 743 g/mol. The molecule has 0 heterocycles. The normalized spacial score (nSPS) is 12.4. The second kappa shape index (κ2) is 15.1. The van der Waals surface area contributed by atoms with Gasteiger partial charge in [0, 0.05) is 33.5 Å². The topological polar surface area (TPSA) is 6.48 Å². The van der Waals surface area contributed by atoms with Crippen molar-refractivity contribution in [3.8, 4) is 0 Å². The average molecular weight is 785 g/mol. The van der Waals surface area contributed by atoms with Crippen LogP contribution in [0.1, 0.15) is 61.8 Å². The second-order valence-electron chi connectivity index (χ2n) is 15.7. The minimum absolute atomic E-state index is 0.188. The van der Waals surface area contributed by atoms with Crippen molar-refractivity contribution in [1.82, 2.24) is 0 Å². The lowest BCUT2D eigenvalue weighted by Gasteiger charge is -2.30. The first kappa shape index (κ1) is 38.8. The lowest BCUT2D eigenvalue weighted by Crippen LogP contribution is -2.13. The number of halogens is 6. The van der Waals surface area contributed by atoms with Crippen LogP contribution >= 0.6 is 0 Å². The Bertz CT molecular complexity index is 2490. The summed E-state index contributed by atoms with van der Waals surface area (Å²) in [5.41, 5.74) is 7.65. The molecule has 0 N–H and O–H groups in total. The van der Waals surface area contributed by atoms with E-state index in [-0.39, 0.29) is 11.1 Å². The number of hydrogen-bond acceptors (Lipinski definition) is 2. The largest absolute Gasteiger partial charge is 0.393 e. The summed E-state index contributed by atoms with van der Waals surface area (Å²) in [5, 5.41) is 6.03. The van der Waals surface area contributed by atoms with Gasteiger partial charge in [-0.3, -0.25) is 0 Å². The van der Waals surface area contributed by atoms with Crippen molar-refractivity contribution in [3.05, 3.63) is 168 Å². The molecule has 58 heavy (non-hydrogen) atoms. The number of alkyl halides is 6. The highest BCUT2D eigenvalue weighted by atomic mass is 19.4. The smallest absolute Gasteiger partial charge is 0.310 e. The maximum Gasteiger partial charge on any atom is 0.393 e. The Morgan fingerprint density at radius 3 is 0.966 bits per heavy atom. The first-order chi connectivity index (χ1) is 27.6. The van der Waals surface area contributed by atoms with E-state index in [0.717, 1.165) is 66.4 Å². The van der Waals surface area contributed by atoms with Gasteiger partial charge in [0.05, 0.1) is 24.2 Å². The fourth-order valence-electron chi connectivity index (χ4n) is 8.02. The quantitative estimate of drug-likeness (QED) is 0.101. The molecule has 0 aromatic heterocycles. The number of nitrogens with zero attached hydrogens (tertiary/aromatic N) is 2. The summed E-state index contributed by atoms with van der Waals surface area (Å²) in [6.45, 7) is 8.52. The highest BCUT2D eigenvalue weighted by Crippen LogP contribution is 2.48. The van der Waals surface area contributed by atoms with Crippen molar-refractivity contribution >= 4 is 66.4 Å². The van der Waals surface area contributed by atoms with Gasteiger partial charge in [-0.05, 0) is 116 Å². The molecule has 0 aliphatic heterocycles. The lowest BCUT2D eigenvalue weighted by molar-refractivity contribution is -0.128. The Morgan fingerprint density at radius 1 is 0.379 bits per heavy atom. The van der Waals surface area contributed by atoms with Gasteiger partial charge in [-0.25, -0.2) is 0 Å². The van der Waals surface area contributed by atoms with Gasteiger partial charge in [0.2, 0.25) is 0 Å². The zero-order valence-electron chi connectivity index (χ0n) is 32.6. The number of hydrogen-bond donors (Lipinski definition) is 0. The summed E-state index contributed by atoms with van der Waals surface area (Å²) >= 11 is 0. The fourth-order valence-corrected chi connectivity index (χ4v) is 8.02. The van der Waals surface area contributed by atoms with Gasteiger partial charge in [0.25, 0.3) is 0 Å². The summed E-state index contributed by atoms with van der Waals surface area (Å²) in [7, 11) is 0. The first-order valence-corrected chi connectivity index (χ1v) is 19.5. The average Bonchev–Trinajstić information content (AvgIpc) is 3.18. The third-order valence-corrected chi connectivity index (χ3v) is 10.9. The Kier molecular flexibility index (Phi) is 10.1. The summed E-state index contributed by atoms with van der Waals surface area (Å²) in [6, 6.07) is 46.4. The van der Waals surface area contributed by atoms with Gasteiger partial charge in [0.15, 0.2) is 0 Å². The van der Waals surface area contributed by atoms with Crippen LogP contribution in [0, 0.1) is 0 Å². The molecule has 0 aliphatic rings. The minimum Gasteiger partial charge on any atom is -0.310 e. The van der Waals surface area contributed by atoms with E-state index in [1.54, 1.807) is 48.5 Å². The molecule has 0 bridgehead atoms. The molecule has 0 saturated heterocycles. The summed E-state index contributed by atoms with van der Waals surface area (Å²) < 4.78 is 80.0. The zero-order chi connectivity index (χ0) is 40.9. The molecule has 0 unspecified atom stereocenters. The van der Waals surface area contributed by atoms with E-state index in [2.05, 4.69) is 135 Å². The van der Waals surface area contributed by atoms with Gasteiger partial charge in [-0.15, -0.1) is 0 Å². The molecule has 0 aliphatic carbocycles. The fraction of sp³-hybridized carbons (Fsp3) is 0.200. The van der Waals surface area contributed by atoms with Gasteiger partial charge < -0.3 is 9.80 Å². The van der Waals surface area contributed by atoms with Crippen molar-refractivity contribution in [3.63, 3.8) is 0 Å². The van der Waals surface area contributed by atoms with Crippen molar-refractivity contribution in [2.24, 2.45) is 0 Å². The Balaban J connectivity index is 1.32. The van der Waals surface area contributed by atoms with Crippen LogP contribution in [0.5, 0.6) is 0 Å². The lowest BCUT2D eigenvalue weighted by atomic mass is 9.91. The van der Waals surface area contributed by atoms with Crippen molar-refractivity contribution in [1.29, 1.82) is 0 Å². The predicted octanol–water partition coefficient (Wildman–Crippen LogP) is 16.0. The van der Waals surface area contributed by atoms with E-state index in [9.17, 15) is 26.3 Å². The van der Waals surface area contributed by atoms with Gasteiger partial charge in [-0.2, -0.15) is 26.3 Å². The van der Waals surface area contributed by atoms with Gasteiger partial charge >= 0.3 is 12.4 Å². The first-order valence-electron chi connectivity index (χ1n) is 19.5. The molecule has 0 spiro atoms. The molecule has 0 fully saturated rings. The number of anilines is 6. The van der Waals surface area contributed by atoms with Crippen LogP contribution in [-0.4, -0.2) is 12.4 Å². The van der Waals surface area contributed by atoms with Crippen LogP contribution in [0.4, 0.5) is 60.5 Å². The van der Waals surface area contributed by atoms with E-state index in [1.165, 1.54) is 11.1 Å². The third kappa shape index (κ3) is 7.80. The standard InChI is InChI=1S/C50H42F6N2/c1-31(2)35-9-21-41(22-10-35)57(39-17-5-33(6-18-39)29-49(51,52)53)45-27-15-37-14-26-44-46(28-16-38-13-25-43(45)47(37)48(38)44)58(42-23-11-36(12-24-42)32(3)4)40-19-7-34(8-20-40)30-50(54,55)56/h5-28,31-32H,29-30H2,1-4H3. The van der Waals surface area contributed by atoms with Crippen LogP contribution in [0.3, 0.4) is 0 Å². The van der Waals surface area contributed by atoms with E-state index in [0.29, 0.717) is 11.8 Å². The minimum atomic E-state index is -4.32. The SMILES string of the molecule is CC(C)c1ccc(N(c2ccc(CC(F)(F)F)cc2)c2ccc3ccc4c(N(c5ccc(CC(F)(F)F)cc5)c5ccc(C(C)C)cc5)ccc5ccc2c3c54)cc1. The Hall–Kier alpha value is -6.02. The van der Waals surface area contributed by atoms with Gasteiger partial charge in [-0.1, -0.05) is 113 Å². The van der Waals surface area contributed by atoms with Crippen LogP contribution < -0.4 is 9.80 Å². The summed E-state index contributed by atoms with van der Waals surface area (Å²) in [6.07, 6.45) is -10.6. The van der Waals surface area contributed by atoms with Crippen LogP contribution in [-0.2, 0) is 12.8 Å². The summed E-state index contributed by atoms with van der Waals surface area (Å²) in [4.78, 5) is 4.19. The molecule has 8 heteroatoms. The Morgan fingerprint density at radius 2 is 0.672 bits per heavy atom. The molecule has 0 radical (unpaired) electrons. The predicted molar refractivity (Wildman–Crippen MR) is 227 cm³/mol. The van der Waals surface area contributed by atoms with Crippen LogP contribution in [0.15, 0.2) is 146 Å². The van der Waals surface area contributed by atoms with E-state index in [4.69, 9.17) is 0 Å². The maximum absolute atomic E-state index is 13.3. The maximum atomic E-state index is 13.3. The molecule has 0 saturated carbocycles. The zero-order valence-corrected chi connectivity index (χ0v) is 32.6. The highest BCUT2D eigenvalue weighted by Gasteiger charge is 2.29. The number of benzene rings is 8. The Labute approximate surface area is 334 Å². The van der Waals surface area contributed by atoms with Crippen molar-refractivity contribution in [2.75, 3.05) is 9.80 Å². The van der Waals surface area contributed by atoms with Crippen LogP contribution in [0.2, 0.25) is 0 Å². The third-order valence-electron chi connectivity index (χ3n) is 10.9. The molecular formula is C50H42F6N2. The highest BCUT2D eigenvalue weighted by molar-refractivity contribution is 6.28. The molecule has 294 valence electrons. The van der Waals surface area contributed by atoms with Crippen molar-refractivity contribution in [2.45, 2.75) is 64.7 Å². The van der Waals surface area contributed by atoms with Crippen molar-refractivity contribution < 1.29 is 26.3 Å². The molecule has 2 nitrogen and oxygen atoms in total.